The zero-order valence-electron chi connectivity index (χ0n) is 11.3. The zero-order chi connectivity index (χ0) is 15.6. The molecule has 0 spiro atoms. The van der Waals surface area contributed by atoms with Crippen molar-refractivity contribution >= 4 is 33.3 Å². The quantitative estimate of drug-likeness (QED) is 0.826. The van der Waals surface area contributed by atoms with Gasteiger partial charge in [0, 0.05) is 23.8 Å². The van der Waals surface area contributed by atoms with Crippen molar-refractivity contribution in [3.8, 4) is 0 Å². The Morgan fingerprint density at radius 1 is 1.38 bits per heavy atom. The highest BCUT2D eigenvalue weighted by Gasteiger charge is 2.16. The van der Waals surface area contributed by atoms with Crippen molar-refractivity contribution in [2.75, 3.05) is 17.7 Å². The lowest BCUT2D eigenvalue weighted by Crippen LogP contribution is -2.19. The summed E-state index contributed by atoms with van der Waals surface area (Å²) in [5.74, 6) is -1.73. The maximum Gasteiger partial charge on any atom is 0.337 e. The highest BCUT2D eigenvalue weighted by Crippen LogP contribution is 2.27. The zero-order valence-corrected chi connectivity index (χ0v) is 12.9. The van der Waals surface area contributed by atoms with E-state index in [1.54, 1.807) is 11.9 Å². The Bertz CT molecular complexity index is 691. The Balaban J connectivity index is 2.35. The molecule has 21 heavy (non-hydrogen) atoms. The fourth-order valence-electron chi connectivity index (χ4n) is 2.02. The molecule has 0 atom stereocenters. The van der Waals surface area contributed by atoms with Crippen molar-refractivity contribution in [2.24, 2.45) is 0 Å². The summed E-state index contributed by atoms with van der Waals surface area (Å²) in [6.07, 6.45) is 0. The van der Waals surface area contributed by atoms with Crippen LogP contribution in [-0.2, 0) is 6.54 Å². The van der Waals surface area contributed by atoms with Gasteiger partial charge in [0.05, 0.1) is 11.3 Å². The van der Waals surface area contributed by atoms with Crippen molar-refractivity contribution in [1.82, 2.24) is 0 Å². The Labute approximate surface area is 130 Å². The fraction of sp³-hybridized carbons (Fsp3) is 0.133. The number of benzene rings is 2. The van der Waals surface area contributed by atoms with Crippen LogP contribution in [0.5, 0.6) is 0 Å². The maximum atomic E-state index is 14.0. The molecule has 0 amide bonds. The van der Waals surface area contributed by atoms with Crippen molar-refractivity contribution in [3.05, 3.63) is 57.8 Å². The molecule has 110 valence electrons. The Morgan fingerprint density at radius 2 is 2.05 bits per heavy atom. The van der Waals surface area contributed by atoms with Crippen molar-refractivity contribution in [3.63, 3.8) is 0 Å². The number of carboxylic acids is 1. The summed E-state index contributed by atoms with van der Waals surface area (Å²) in [6, 6.07) is 9.87. The van der Waals surface area contributed by atoms with Crippen LogP contribution in [0.2, 0.25) is 0 Å². The lowest BCUT2D eigenvalue weighted by atomic mass is 10.1. The molecule has 2 aromatic carbocycles. The molecule has 2 aromatic rings. The van der Waals surface area contributed by atoms with Gasteiger partial charge in [0.2, 0.25) is 0 Å². The van der Waals surface area contributed by atoms with Gasteiger partial charge in [-0.2, -0.15) is 0 Å². The largest absolute Gasteiger partial charge is 0.478 e. The Kier molecular flexibility index (Phi) is 4.47. The molecule has 3 N–H and O–H groups in total. The molecule has 0 saturated carbocycles. The summed E-state index contributed by atoms with van der Waals surface area (Å²) >= 11 is 3.43. The lowest BCUT2D eigenvalue weighted by molar-refractivity contribution is 0.0698. The second-order valence-corrected chi connectivity index (χ2v) is 5.50. The van der Waals surface area contributed by atoms with E-state index >= 15 is 0 Å². The number of nitrogens with zero attached hydrogens (tertiary/aromatic N) is 1. The van der Waals surface area contributed by atoms with E-state index in [1.165, 1.54) is 6.07 Å². The summed E-state index contributed by atoms with van der Waals surface area (Å²) in [4.78, 5) is 12.7. The van der Waals surface area contributed by atoms with Crippen LogP contribution in [0.4, 0.5) is 15.8 Å². The topological polar surface area (TPSA) is 66.6 Å². The van der Waals surface area contributed by atoms with Crippen LogP contribution >= 0.6 is 15.9 Å². The van der Waals surface area contributed by atoms with Gasteiger partial charge in [0.15, 0.2) is 0 Å². The molecule has 0 aliphatic heterocycles. The monoisotopic (exact) mass is 352 g/mol. The molecule has 0 aliphatic carbocycles. The number of hydrogen-bond acceptors (Lipinski definition) is 3. The van der Waals surface area contributed by atoms with Crippen molar-refractivity contribution < 1.29 is 14.3 Å². The number of carboxylic acid groups (broad SMARTS) is 1. The third-order valence-corrected chi connectivity index (χ3v) is 3.90. The standard InChI is InChI=1S/C15H14BrFN2O2/c1-19(8-9-4-2-3-5-11(9)16)14-6-10(15(20)21)13(18)7-12(14)17/h2-7H,8,18H2,1H3,(H,20,21). The first-order chi connectivity index (χ1) is 9.90. The number of nitrogen functional groups attached to an aromatic ring is 1. The smallest absolute Gasteiger partial charge is 0.337 e. The van der Waals surface area contributed by atoms with Crippen LogP contribution in [0.1, 0.15) is 15.9 Å². The molecule has 0 saturated heterocycles. The molecule has 0 aliphatic rings. The van der Waals surface area contributed by atoms with Crippen molar-refractivity contribution in [1.29, 1.82) is 0 Å². The van der Waals surface area contributed by atoms with Crippen LogP contribution in [0, 0.1) is 5.82 Å². The summed E-state index contributed by atoms with van der Waals surface area (Å²) < 4.78 is 14.9. The highest BCUT2D eigenvalue weighted by atomic mass is 79.9. The van der Waals surface area contributed by atoms with Crippen LogP contribution < -0.4 is 10.6 Å². The molecular weight excluding hydrogens is 339 g/mol. The van der Waals surface area contributed by atoms with Gasteiger partial charge in [0.1, 0.15) is 5.82 Å². The van der Waals surface area contributed by atoms with E-state index in [9.17, 15) is 9.18 Å². The molecule has 0 unspecified atom stereocenters. The number of rotatable bonds is 4. The fourth-order valence-corrected chi connectivity index (χ4v) is 2.43. The summed E-state index contributed by atoms with van der Waals surface area (Å²) in [5, 5.41) is 9.07. The van der Waals surface area contributed by atoms with Crippen LogP contribution in [0.15, 0.2) is 40.9 Å². The minimum absolute atomic E-state index is 0.0851. The number of anilines is 2. The van der Waals surface area contributed by atoms with Crippen LogP contribution in [0.25, 0.3) is 0 Å². The molecule has 0 heterocycles. The van der Waals surface area contributed by atoms with Crippen LogP contribution in [0.3, 0.4) is 0 Å². The average molecular weight is 353 g/mol. The Hall–Kier alpha value is -2.08. The Morgan fingerprint density at radius 3 is 2.67 bits per heavy atom. The van der Waals surface area contributed by atoms with Gasteiger partial charge in [-0.3, -0.25) is 0 Å². The van der Waals surface area contributed by atoms with Gasteiger partial charge in [-0.25, -0.2) is 9.18 Å². The normalized spacial score (nSPS) is 10.4. The van der Waals surface area contributed by atoms with Gasteiger partial charge in [-0.05, 0) is 23.8 Å². The minimum Gasteiger partial charge on any atom is -0.478 e. The first-order valence-corrected chi connectivity index (χ1v) is 6.96. The van der Waals surface area contributed by atoms with E-state index in [2.05, 4.69) is 15.9 Å². The van der Waals surface area contributed by atoms with E-state index in [4.69, 9.17) is 10.8 Å². The van der Waals surface area contributed by atoms with E-state index in [0.29, 0.717) is 6.54 Å². The molecule has 0 radical (unpaired) electrons. The van der Waals surface area contributed by atoms with Gasteiger partial charge in [-0.15, -0.1) is 0 Å². The number of aromatic carboxylic acids is 1. The summed E-state index contributed by atoms with van der Waals surface area (Å²) in [7, 11) is 1.69. The highest BCUT2D eigenvalue weighted by molar-refractivity contribution is 9.10. The molecule has 0 fully saturated rings. The molecule has 4 nitrogen and oxygen atoms in total. The molecule has 0 bridgehead atoms. The van der Waals surface area contributed by atoms with Gasteiger partial charge >= 0.3 is 5.97 Å². The SMILES string of the molecule is CN(Cc1ccccc1Br)c1cc(C(=O)O)c(N)cc1F. The van der Waals surface area contributed by atoms with Gasteiger partial charge in [-0.1, -0.05) is 34.1 Å². The lowest BCUT2D eigenvalue weighted by Gasteiger charge is -2.21. The van der Waals surface area contributed by atoms with E-state index in [0.717, 1.165) is 16.1 Å². The number of carbonyl (C=O) groups is 1. The van der Waals surface area contributed by atoms with E-state index < -0.39 is 11.8 Å². The molecular formula is C15H14BrFN2O2. The summed E-state index contributed by atoms with van der Waals surface area (Å²) in [5.41, 5.74) is 6.49. The maximum absolute atomic E-state index is 14.0. The third-order valence-electron chi connectivity index (χ3n) is 3.13. The predicted octanol–water partition coefficient (Wildman–Crippen LogP) is 3.51. The average Bonchev–Trinajstić information content (AvgIpc) is 2.40. The molecule has 6 heteroatoms. The minimum atomic E-state index is -1.18. The first-order valence-electron chi connectivity index (χ1n) is 6.17. The molecule has 2 rings (SSSR count). The second-order valence-electron chi connectivity index (χ2n) is 4.64. The van der Waals surface area contributed by atoms with Gasteiger partial charge < -0.3 is 15.7 Å². The van der Waals surface area contributed by atoms with Gasteiger partial charge in [0.25, 0.3) is 0 Å². The number of halogens is 2. The predicted molar refractivity (Wildman–Crippen MR) is 84.0 cm³/mol. The second kappa shape index (κ2) is 6.13. The van der Waals surface area contributed by atoms with E-state index in [-0.39, 0.29) is 16.9 Å². The van der Waals surface area contributed by atoms with E-state index in [1.807, 2.05) is 24.3 Å². The van der Waals surface area contributed by atoms with Crippen LogP contribution in [-0.4, -0.2) is 18.1 Å². The first kappa shape index (κ1) is 15.3. The summed E-state index contributed by atoms with van der Waals surface area (Å²) in [6.45, 7) is 0.432. The molecule has 0 aromatic heterocycles. The number of hydrogen-bond donors (Lipinski definition) is 2. The third kappa shape index (κ3) is 3.33. The van der Waals surface area contributed by atoms with Crippen molar-refractivity contribution in [2.45, 2.75) is 6.54 Å². The number of nitrogens with two attached hydrogens (primary N) is 1.